The number of nitrogens with one attached hydrogen (secondary N) is 2. The number of carbonyl (C=O) groups is 3. The van der Waals surface area contributed by atoms with E-state index in [4.69, 9.17) is 14.2 Å². The Kier molecular flexibility index (Phi) is 8.43. The van der Waals surface area contributed by atoms with Crippen LogP contribution in [0.15, 0.2) is 55.1 Å². The Morgan fingerprint density at radius 1 is 1.00 bits per heavy atom. The van der Waals surface area contributed by atoms with Crippen molar-refractivity contribution in [3.05, 3.63) is 60.7 Å². The second kappa shape index (κ2) is 11.3. The molecule has 0 atom stereocenters. The van der Waals surface area contributed by atoms with Crippen LogP contribution in [0.2, 0.25) is 0 Å². The normalized spacial score (nSPS) is 9.93. The van der Waals surface area contributed by atoms with Crippen molar-refractivity contribution in [3.8, 4) is 11.5 Å². The van der Waals surface area contributed by atoms with E-state index in [1.165, 1.54) is 14.0 Å². The molecule has 0 aromatic heterocycles. The van der Waals surface area contributed by atoms with Gasteiger partial charge in [-0.2, -0.15) is 0 Å². The number of esters is 1. The first kappa shape index (κ1) is 22.5. The number of allylic oxidation sites excluding steroid dienone is 1. The van der Waals surface area contributed by atoms with E-state index in [2.05, 4.69) is 17.2 Å². The molecule has 0 aliphatic heterocycles. The molecule has 158 valence electrons. The summed E-state index contributed by atoms with van der Waals surface area (Å²) in [6, 6.07) is 11.9. The number of anilines is 2. The predicted octanol–water partition coefficient (Wildman–Crippen LogP) is 2.94. The van der Waals surface area contributed by atoms with Gasteiger partial charge < -0.3 is 24.8 Å². The highest BCUT2D eigenvalue weighted by Gasteiger charge is 2.12. The summed E-state index contributed by atoms with van der Waals surface area (Å²) in [4.78, 5) is 35.0. The third-order valence-electron chi connectivity index (χ3n) is 3.78. The van der Waals surface area contributed by atoms with E-state index in [9.17, 15) is 14.4 Å². The van der Waals surface area contributed by atoms with E-state index in [1.54, 1.807) is 42.5 Å². The summed E-state index contributed by atoms with van der Waals surface area (Å²) in [6.07, 6.45) is 2.45. The monoisotopic (exact) mass is 412 g/mol. The van der Waals surface area contributed by atoms with E-state index < -0.39 is 18.5 Å². The number of hydrogen-bond acceptors (Lipinski definition) is 6. The second-order valence-electron chi connectivity index (χ2n) is 6.24. The summed E-state index contributed by atoms with van der Waals surface area (Å²) >= 11 is 0. The Morgan fingerprint density at radius 2 is 1.73 bits per heavy atom. The fourth-order valence-corrected chi connectivity index (χ4v) is 2.52. The van der Waals surface area contributed by atoms with Gasteiger partial charge in [-0.05, 0) is 42.3 Å². The SMILES string of the molecule is C=CCc1ccc(OCC(=O)OCC(=O)Nc2cccc(NC(C)=O)c2)c(OC)c1. The number of carbonyl (C=O) groups excluding carboxylic acids is 3. The Morgan fingerprint density at radius 3 is 2.40 bits per heavy atom. The summed E-state index contributed by atoms with van der Waals surface area (Å²) in [6.45, 7) is 4.23. The first-order chi connectivity index (χ1) is 14.4. The summed E-state index contributed by atoms with van der Waals surface area (Å²) in [7, 11) is 1.50. The largest absolute Gasteiger partial charge is 0.493 e. The number of ether oxygens (including phenoxy) is 3. The molecule has 0 saturated heterocycles. The van der Waals surface area contributed by atoms with Gasteiger partial charge in [0.1, 0.15) is 0 Å². The van der Waals surface area contributed by atoms with Crippen LogP contribution in [0.1, 0.15) is 12.5 Å². The molecule has 0 bridgehead atoms. The zero-order valence-corrected chi connectivity index (χ0v) is 16.9. The Balaban J connectivity index is 1.81. The highest BCUT2D eigenvalue weighted by atomic mass is 16.6. The summed E-state index contributed by atoms with van der Waals surface area (Å²) < 4.78 is 15.6. The first-order valence-corrected chi connectivity index (χ1v) is 9.15. The highest BCUT2D eigenvalue weighted by molar-refractivity contribution is 5.94. The molecule has 0 heterocycles. The Hall–Kier alpha value is -3.81. The van der Waals surface area contributed by atoms with Crippen molar-refractivity contribution in [2.75, 3.05) is 31.0 Å². The second-order valence-corrected chi connectivity index (χ2v) is 6.24. The Bertz CT molecular complexity index is 926. The lowest BCUT2D eigenvalue weighted by atomic mass is 10.1. The zero-order valence-electron chi connectivity index (χ0n) is 16.9. The van der Waals surface area contributed by atoms with Crippen LogP contribution in [0.25, 0.3) is 0 Å². The number of rotatable bonds is 10. The minimum absolute atomic E-state index is 0.223. The lowest BCUT2D eigenvalue weighted by Gasteiger charge is -2.12. The molecule has 0 fully saturated rings. The molecule has 0 spiro atoms. The molecule has 0 unspecified atom stereocenters. The lowest BCUT2D eigenvalue weighted by Crippen LogP contribution is -2.23. The maximum atomic E-state index is 12.0. The Labute approximate surface area is 174 Å². The van der Waals surface area contributed by atoms with Gasteiger partial charge in [-0.1, -0.05) is 18.2 Å². The molecule has 2 rings (SSSR count). The molecule has 8 heteroatoms. The van der Waals surface area contributed by atoms with Crippen molar-refractivity contribution in [2.24, 2.45) is 0 Å². The summed E-state index contributed by atoms with van der Waals surface area (Å²) in [5, 5.41) is 5.20. The number of methoxy groups -OCH3 is 1. The van der Waals surface area contributed by atoms with Crippen LogP contribution in [-0.4, -0.2) is 38.1 Å². The third kappa shape index (κ3) is 7.31. The van der Waals surface area contributed by atoms with Gasteiger partial charge in [0.15, 0.2) is 24.7 Å². The average Bonchev–Trinajstić information content (AvgIpc) is 2.71. The third-order valence-corrected chi connectivity index (χ3v) is 3.78. The van der Waals surface area contributed by atoms with Gasteiger partial charge >= 0.3 is 5.97 Å². The number of hydrogen-bond donors (Lipinski definition) is 2. The average molecular weight is 412 g/mol. The van der Waals surface area contributed by atoms with E-state index in [1.807, 2.05) is 6.07 Å². The van der Waals surface area contributed by atoms with Gasteiger partial charge in [0.2, 0.25) is 5.91 Å². The number of amides is 2. The molecule has 30 heavy (non-hydrogen) atoms. The van der Waals surface area contributed by atoms with E-state index in [-0.39, 0.29) is 12.5 Å². The van der Waals surface area contributed by atoms with E-state index in [0.717, 1.165) is 5.56 Å². The van der Waals surface area contributed by atoms with Gasteiger partial charge in [0, 0.05) is 18.3 Å². The molecular weight excluding hydrogens is 388 g/mol. The number of benzene rings is 2. The van der Waals surface area contributed by atoms with Crippen molar-refractivity contribution in [1.29, 1.82) is 0 Å². The van der Waals surface area contributed by atoms with Crippen molar-refractivity contribution in [1.82, 2.24) is 0 Å². The van der Waals surface area contributed by atoms with Gasteiger partial charge in [0.05, 0.1) is 7.11 Å². The van der Waals surface area contributed by atoms with Crippen LogP contribution in [0, 0.1) is 0 Å². The molecule has 8 nitrogen and oxygen atoms in total. The molecule has 0 aliphatic carbocycles. The molecule has 0 radical (unpaired) electrons. The lowest BCUT2D eigenvalue weighted by molar-refractivity contribution is -0.149. The molecule has 0 saturated carbocycles. The molecule has 2 aromatic carbocycles. The molecule has 2 aromatic rings. The minimum atomic E-state index is -0.700. The molecule has 0 aliphatic rings. The van der Waals surface area contributed by atoms with Gasteiger partial charge in [-0.15, -0.1) is 6.58 Å². The van der Waals surface area contributed by atoms with Gasteiger partial charge in [0.25, 0.3) is 5.91 Å². The van der Waals surface area contributed by atoms with E-state index in [0.29, 0.717) is 29.3 Å². The molecule has 2 N–H and O–H groups in total. The van der Waals surface area contributed by atoms with Crippen molar-refractivity contribution < 1.29 is 28.6 Å². The first-order valence-electron chi connectivity index (χ1n) is 9.15. The summed E-state index contributed by atoms with van der Waals surface area (Å²) in [5.41, 5.74) is 2.00. The standard InChI is InChI=1S/C22H24N2O6/c1-4-6-16-9-10-19(20(11-16)28-3)29-14-22(27)30-13-21(26)24-18-8-5-7-17(12-18)23-15(2)25/h4-5,7-12H,1,6,13-14H2,2-3H3,(H,23,25)(H,24,26). The van der Waals surface area contributed by atoms with Gasteiger partial charge in [-0.3, -0.25) is 9.59 Å². The van der Waals surface area contributed by atoms with Crippen LogP contribution >= 0.6 is 0 Å². The quantitative estimate of drug-likeness (QED) is 0.459. The zero-order chi connectivity index (χ0) is 21.9. The fourth-order valence-electron chi connectivity index (χ4n) is 2.52. The van der Waals surface area contributed by atoms with Crippen molar-refractivity contribution in [3.63, 3.8) is 0 Å². The van der Waals surface area contributed by atoms with E-state index >= 15 is 0 Å². The highest BCUT2D eigenvalue weighted by Crippen LogP contribution is 2.28. The predicted molar refractivity (Wildman–Crippen MR) is 113 cm³/mol. The van der Waals surface area contributed by atoms with Crippen LogP contribution < -0.4 is 20.1 Å². The fraction of sp³-hybridized carbons (Fsp3) is 0.227. The summed E-state index contributed by atoms with van der Waals surface area (Å²) in [5.74, 6) is -0.566. The van der Waals surface area contributed by atoms with Gasteiger partial charge in [-0.25, -0.2) is 4.79 Å². The molecule has 2 amide bonds. The smallest absolute Gasteiger partial charge is 0.344 e. The molecular formula is C22H24N2O6. The maximum absolute atomic E-state index is 12.0. The van der Waals surface area contributed by atoms with Crippen molar-refractivity contribution >= 4 is 29.2 Å². The van der Waals surface area contributed by atoms with Crippen LogP contribution in [-0.2, 0) is 25.5 Å². The maximum Gasteiger partial charge on any atom is 0.344 e. The van der Waals surface area contributed by atoms with Crippen molar-refractivity contribution in [2.45, 2.75) is 13.3 Å². The van der Waals surface area contributed by atoms with Crippen LogP contribution in [0.5, 0.6) is 11.5 Å². The minimum Gasteiger partial charge on any atom is -0.493 e. The topological polar surface area (TPSA) is 103 Å². The van der Waals surface area contributed by atoms with Crippen LogP contribution in [0.3, 0.4) is 0 Å². The van der Waals surface area contributed by atoms with Crippen LogP contribution in [0.4, 0.5) is 11.4 Å².